The highest BCUT2D eigenvalue weighted by Crippen LogP contribution is 2.27. The molecule has 2 aromatic heterocycles. The summed E-state index contributed by atoms with van der Waals surface area (Å²) in [6, 6.07) is 7.70. The molecule has 18 heavy (non-hydrogen) atoms. The normalized spacial score (nSPS) is 10.5. The second kappa shape index (κ2) is 4.28. The highest BCUT2D eigenvalue weighted by molar-refractivity contribution is 5.72. The number of benzene rings is 1. The maximum Gasteiger partial charge on any atom is 0.260 e. The van der Waals surface area contributed by atoms with Crippen LogP contribution in [0.25, 0.3) is 23.0 Å². The van der Waals surface area contributed by atoms with Gasteiger partial charge in [-0.2, -0.15) is 20.4 Å². The summed E-state index contributed by atoms with van der Waals surface area (Å²) in [4.78, 5) is 4.29. The second-order valence-electron chi connectivity index (χ2n) is 3.57. The molecule has 0 amide bonds. The van der Waals surface area contributed by atoms with Crippen LogP contribution in [0.15, 0.2) is 35.0 Å². The lowest BCUT2D eigenvalue weighted by Crippen LogP contribution is -1.91. The summed E-state index contributed by atoms with van der Waals surface area (Å²) < 4.78 is 5.23. The van der Waals surface area contributed by atoms with Gasteiger partial charge in [0.25, 0.3) is 5.89 Å². The molecular weight excluding hydrogens is 232 g/mol. The smallest absolute Gasteiger partial charge is 0.260 e. The number of anilines is 1. The maximum absolute atomic E-state index is 5.23. The molecule has 0 aliphatic carbocycles. The van der Waals surface area contributed by atoms with Gasteiger partial charge in [0.15, 0.2) is 5.69 Å². The third-order valence-corrected chi connectivity index (χ3v) is 2.50. The van der Waals surface area contributed by atoms with Crippen LogP contribution in [-0.2, 0) is 0 Å². The predicted molar refractivity (Wildman–Crippen MR) is 64.7 cm³/mol. The zero-order valence-electron chi connectivity index (χ0n) is 9.58. The van der Waals surface area contributed by atoms with Crippen LogP contribution in [0.5, 0.6) is 0 Å². The van der Waals surface area contributed by atoms with Crippen molar-refractivity contribution in [2.75, 3.05) is 12.4 Å². The van der Waals surface area contributed by atoms with Crippen LogP contribution in [-0.4, -0.2) is 32.6 Å². The summed E-state index contributed by atoms with van der Waals surface area (Å²) in [7, 11) is 1.84. The average Bonchev–Trinajstić information content (AvgIpc) is 3.09. The van der Waals surface area contributed by atoms with Gasteiger partial charge in [0.2, 0.25) is 5.82 Å². The monoisotopic (exact) mass is 242 g/mol. The molecule has 1 aromatic carbocycles. The van der Waals surface area contributed by atoms with E-state index in [1.807, 2.05) is 31.3 Å². The van der Waals surface area contributed by atoms with Crippen molar-refractivity contribution < 1.29 is 4.52 Å². The zero-order chi connectivity index (χ0) is 12.4. The molecule has 0 aliphatic heterocycles. The van der Waals surface area contributed by atoms with Gasteiger partial charge in [-0.1, -0.05) is 17.3 Å². The molecule has 90 valence electrons. The van der Waals surface area contributed by atoms with Crippen molar-refractivity contribution in [3.63, 3.8) is 0 Å². The molecule has 2 N–H and O–H groups in total. The minimum Gasteiger partial charge on any atom is -0.387 e. The zero-order valence-corrected chi connectivity index (χ0v) is 9.58. The van der Waals surface area contributed by atoms with Gasteiger partial charge in [-0.05, 0) is 12.1 Å². The quantitative estimate of drug-likeness (QED) is 0.724. The van der Waals surface area contributed by atoms with E-state index in [2.05, 4.69) is 30.9 Å². The van der Waals surface area contributed by atoms with E-state index in [1.54, 1.807) is 6.20 Å². The number of nitrogens with zero attached hydrogens (tertiary/aromatic N) is 4. The molecule has 0 aliphatic rings. The summed E-state index contributed by atoms with van der Waals surface area (Å²) in [6.07, 6.45) is 1.54. The van der Waals surface area contributed by atoms with Crippen LogP contribution < -0.4 is 5.32 Å². The van der Waals surface area contributed by atoms with E-state index in [-0.39, 0.29) is 0 Å². The third kappa shape index (κ3) is 1.71. The van der Waals surface area contributed by atoms with Crippen LogP contribution in [0.2, 0.25) is 0 Å². The highest BCUT2D eigenvalue weighted by atomic mass is 16.5. The first kappa shape index (κ1) is 10.5. The Morgan fingerprint density at radius 1 is 1.28 bits per heavy atom. The number of aromatic nitrogens is 5. The van der Waals surface area contributed by atoms with Crippen LogP contribution in [0.3, 0.4) is 0 Å². The van der Waals surface area contributed by atoms with E-state index >= 15 is 0 Å². The fourth-order valence-corrected chi connectivity index (χ4v) is 1.63. The van der Waals surface area contributed by atoms with E-state index in [1.165, 1.54) is 0 Å². The van der Waals surface area contributed by atoms with Gasteiger partial charge in [-0.25, -0.2) is 0 Å². The molecule has 0 unspecified atom stereocenters. The fourth-order valence-electron chi connectivity index (χ4n) is 1.63. The third-order valence-electron chi connectivity index (χ3n) is 2.50. The molecule has 3 rings (SSSR count). The van der Waals surface area contributed by atoms with Gasteiger partial charge < -0.3 is 9.84 Å². The number of rotatable bonds is 3. The Labute approximate surface area is 102 Å². The van der Waals surface area contributed by atoms with Crippen molar-refractivity contribution in [3.8, 4) is 23.0 Å². The standard InChI is InChI=1S/C11H10N6O/c1-12-8-5-3-2-4-7(8)11-14-10(16-18-11)9-6-13-17-15-9/h2-6,12H,1H3,(H,13,15,17). The van der Waals surface area contributed by atoms with Crippen molar-refractivity contribution in [2.24, 2.45) is 0 Å². The Kier molecular flexibility index (Phi) is 2.49. The maximum atomic E-state index is 5.23. The van der Waals surface area contributed by atoms with Gasteiger partial charge in [0.1, 0.15) is 0 Å². The van der Waals surface area contributed by atoms with E-state index in [9.17, 15) is 0 Å². The molecule has 3 aromatic rings. The highest BCUT2D eigenvalue weighted by Gasteiger charge is 2.14. The second-order valence-corrected chi connectivity index (χ2v) is 3.57. The Morgan fingerprint density at radius 2 is 2.17 bits per heavy atom. The number of aromatic amines is 1. The van der Waals surface area contributed by atoms with Crippen molar-refractivity contribution in [2.45, 2.75) is 0 Å². The van der Waals surface area contributed by atoms with E-state index in [0.717, 1.165) is 11.3 Å². The number of hydrogen-bond acceptors (Lipinski definition) is 6. The van der Waals surface area contributed by atoms with Gasteiger partial charge >= 0.3 is 0 Å². The summed E-state index contributed by atoms with van der Waals surface area (Å²) in [5.74, 6) is 0.850. The van der Waals surface area contributed by atoms with Gasteiger partial charge in [-0.3, -0.25) is 0 Å². The average molecular weight is 242 g/mol. The lowest BCUT2D eigenvalue weighted by Gasteiger charge is -2.03. The van der Waals surface area contributed by atoms with Gasteiger partial charge in [-0.15, -0.1) is 0 Å². The molecular formula is C11H10N6O. The van der Waals surface area contributed by atoms with Crippen LogP contribution in [0.4, 0.5) is 5.69 Å². The number of para-hydroxylation sites is 1. The largest absolute Gasteiger partial charge is 0.387 e. The van der Waals surface area contributed by atoms with E-state index in [0.29, 0.717) is 17.4 Å². The Balaban J connectivity index is 2.03. The number of nitrogens with one attached hydrogen (secondary N) is 2. The number of H-pyrrole nitrogens is 1. The SMILES string of the molecule is CNc1ccccc1-c1nc(-c2cn[nH]n2)no1. The van der Waals surface area contributed by atoms with Crippen LogP contribution >= 0.6 is 0 Å². The molecule has 0 saturated carbocycles. The topological polar surface area (TPSA) is 92.5 Å². The predicted octanol–water partition coefficient (Wildman–Crippen LogP) is 1.56. The van der Waals surface area contributed by atoms with Crippen molar-refractivity contribution in [3.05, 3.63) is 30.5 Å². The first-order valence-electron chi connectivity index (χ1n) is 5.35. The molecule has 7 nitrogen and oxygen atoms in total. The van der Waals surface area contributed by atoms with Gasteiger partial charge in [0, 0.05) is 12.7 Å². The molecule has 0 atom stereocenters. The minimum atomic E-state index is 0.407. The molecule has 0 spiro atoms. The van der Waals surface area contributed by atoms with E-state index < -0.39 is 0 Å². The molecule has 2 heterocycles. The Bertz CT molecular complexity index is 645. The summed E-state index contributed by atoms with van der Waals surface area (Å²) in [5, 5.41) is 17.1. The fraction of sp³-hybridized carbons (Fsp3) is 0.0909. The molecule has 7 heteroatoms. The summed E-state index contributed by atoms with van der Waals surface area (Å²) in [5.41, 5.74) is 2.32. The Hall–Kier alpha value is -2.70. The molecule has 0 bridgehead atoms. The molecule has 0 fully saturated rings. The molecule has 0 radical (unpaired) electrons. The van der Waals surface area contributed by atoms with Crippen molar-refractivity contribution >= 4 is 5.69 Å². The lowest BCUT2D eigenvalue weighted by molar-refractivity contribution is 0.432. The van der Waals surface area contributed by atoms with Crippen molar-refractivity contribution in [1.82, 2.24) is 25.6 Å². The first-order valence-corrected chi connectivity index (χ1v) is 5.35. The first-order chi connectivity index (χ1) is 8.88. The lowest BCUT2D eigenvalue weighted by atomic mass is 10.2. The van der Waals surface area contributed by atoms with E-state index in [4.69, 9.17) is 4.52 Å². The minimum absolute atomic E-state index is 0.407. The van der Waals surface area contributed by atoms with Crippen LogP contribution in [0, 0.1) is 0 Å². The summed E-state index contributed by atoms with van der Waals surface area (Å²) in [6.45, 7) is 0. The van der Waals surface area contributed by atoms with Gasteiger partial charge in [0.05, 0.1) is 11.8 Å². The Morgan fingerprint density at radius 3 is 2.94 bits per heavy atom. The summed E-state index contributed by atoms with van der Waals surface area (Å²) >= 11 is 0. The number of hydrogen-bond donors (Lipinski definition) is 2. The van der Waals surface area contributed by atoms with Crippen molar-refractivity contribution in [1.29, 1.82) is 0 Å². The van der Waals surface area contributed by atoms with Crippen LogP contribution in [0.1, 0.15) is 0 Å². The molecule has 0 saturated heterocycles.